The highest BCUT2D eigenvalue weighted by Crippen LogP contribution is 2.34. The Hall–Kier alpha value is -5.87. The molecule has 4 heteroatoms. The first-order chi connectivity index (χ1) is 21.8. The molecule has 44 heavy (non-hydrogen) atoms. The van der Waals surface area contributed by atoms with E-state index in [0.717, 1.165) is 44.2 Å². The van der Waals surface area contributed by atoms with Gasteiger partial charge in [-0.15, -0.1) is 0 Å². The van der Waals surface area contributed by atoms with E-state index in [2.05, 4.69) is 127 Å². The van der Waals surface area contributed by atoms with Gasteiger partial charge < -0.3 is 5.32 Å². The van der Waals surface area contributed by atoms with Crippen molar-refractivity contribution in [2.45, 2.75) is 6.17 Å². The fraction of sp³-hybridized carbons (Fsp3) is 0.0250. The Morgan fingerprint density at radius 3 is 1.91 bits per heavy atom. The van der Waals surface area contributed by atoms with Gasteiger partial charge in [0.25, 0.3) is 0 Å². The third-order valence-electron chi connectivity index (χ3n) is 8.73. The van der Waals surface area contributed by atoms with Crippen molar-refractivity contribution in [3.8, 4) is 0 Å². The fourth-order valence-electron chi connectivity index (χ4n) is 6.58. The van der Waals surface area contributed by atoms with Crippen molar-refractivity contribution in [2.75, 3.05) is 0 Å². The summed E-state index contributed by atoms with van der Waals surface area (Å²) < 4.78 is 0. The minimum Gasteiger partial charge on any atom is -0.343 e. The third kappa shape index (κ3) is 3.96. The van der Waals surface area contributed by atoms with E-state index >= 15 is 0 Å². The Balaban J connectivity index is 1.26. The van der Waals surface area contributed by atoms with E-state index in [9.17, 15) is 0 Å². The molecule has 1 aliphatic heterocycles. The lowest BCUT2D eigenvalue weighted by Crippen LogP contribution is -2.34. The smallest absolute Gasteiger partial charge is 0.165 e. The summed E-state index contributed by atoms with van der Waals surface area (Å²) >= 11 is 0. The van der Waals surface area contributed by atoms with Crippen LogP contribution in [0, 0.1) is 0 Å². The number of fused-ring (bicyclic) bond motifs is 8. The van der Waals surface area contributed by atoms with Crippen LogP contribution < -0.4 is 5.32 Å². The van der Waals surface area contributed by atoms with Crippen molar-refractivity contribution >= 4 is 65.5 Å². The summed E-state index contributed by atoms with van der Waals surface area (Å²) in [5.74, 6) is 1.48. The van der Waals surface area contributed by atoms with E-state index in [4.69, 9.17) is 15.0 Å². The first-order valence-electron chi connectivity index (χ1n) is 14.9. The van der Waals surface area contributed by atoms with Gasteiger partial charge in [-0.05, 0) is 60.6 Å². The summed E-state index contributed by atoms with van der Waals surface area (Å²) in [5, 5.41) is 15.5. The Kier molecular flexibility index (Phi) is 5.53. The molecule has 0 aliphatic carbocycles. The molecule has 1 atom stereocenters. The molecule has 1 unspecified atom stereocenters. The number of amidine groups is 2. The van der Waals surface area contributed by atoms with Crippen LogP contribution in [0.3, 0.4) is 0 Å². The average molecular weight is 563 g/mol. The standard InChI is InChI=1S/C40H26N4/c1-2-11-26(12-3-1)38-42-39(36-22-27-13-5-7-15-30(27)31-16-8-9-17-32(31)36)44-40(43-38)37-23-35-28(24-41-37)19-21-33-29-14-6-4-10-25(29)18-20-34(33)35/h1-24,40H,(H,42,43,44). The van der Waals surface area contributed by atoms with Crippen LogP contribution in [0.1, 0.15) is 23.0 Å². The molecular formula is C40H26N4. The van der Waals surface area contributed by atoms with Crippen LogP contribution in [-0.2, 0) is 0 Å². The van der Waals surface area contributed by atoms with E-state index < -0.39 is 6.17 Å². The number of aliphatic imine (C=N–C) groups is 2. The van der Waals surface area contributed by atoms with Crippen molar-refractivity contribution in [3.05, 3.63) is 163 Å². The minimum atomic E-state index is -0.414. The number of hydrogen-bond donors (Lipinski definition) is 1. The van der Waals surface area contributed by atoms with Gasteiger partial charge in [-0.3, -0.25) is 4.98 Å². The quantitative estimate of drug-likeness (QED) is 0.218. The van der Waals surface area contributed by atoms with E-state index in [0.29, 0.717) is 5.84 Å². The van der Waals surface area contributed by atoms with Crippen LogP contribution in [-0.4, -0.2) is 16.7 Å². The number of nitrogens with zero attached hydrogens (tertiary/aromatic N) is 3. The number of pyridine rings is 1. The molecule has 1 aliphatic rings. The highest BCUT2D eigenvalue weighted by Gasteiger charge is 2.24. The summed E-state index contributed by atoms with van der Waals surface area (Å²) in [6.45, 7) is 0. The van der Waals surface area contributed by atoms with E-state index in [1.807, 2.05) is 24.4 Å². The van der Waals surface area contributed by atoms with Crippen molar-refractivity contribution in [1.29, 1.82) is 0 Å². The molecule has 0 amide bonds. The second-order valence-corrected chi connectivity index (χ2v) is 11.3. The molecule has 0 fully saturated rings. The van der Waals surface area contributed by atoms with Gasteiger partial charge in [0.05, 0.1) is 5.69 Å². The van der Waals surface area contributed by atoms with Crippen molar-refractivity contribution in [2.24, 2.45) is 9.98 Å². The highest BCUT2D eigenvalue weighted by atomic mass is 15.2. The maximum absolute atomic E-state index is 5.25. The molecule has 7 aromatic carbocycles. The van der Waals surface area contributed by atoms with Crippen molar-refractivity contribution in [1.82, 2.24) is 10.3 Å². The minimum absolute atomic E-state index is 0.414. The summed E-state index contributed by atoms with van der Waals surface area (Å²) in [6, 6.07) is 49.1. The molecule has 0 spiro atoms. The predicted molar refractivity (Wildman–Crippen MR) is 184 cm³/mol. The average Bonchev–Trinajstić information content (AvgIpc) is 3.11. The van der Waals surface area contributed by atoms with E-state index in [-0.39, 0.29) is 0 Å². The topological polar surface area (TPSA) is 49.6 Å². The second kappa shape index (κ2) is 9.85. The molecular weight excluding hydrogens is 536 g/mol. The summed E-state index contributed by atoms with van der Waals surface area (Å²) in [6.07, 6.45) is 1.55. The lowest BCUT2D eigenvalue weighted by Gasteiger charge is -2.24. The Labute approximate surface area is 254 Å². The van der Waals surface area contributed by atoms with Crippen LogP contribution in [0.2, 0.25) is 0 Å². The predicted octanol–water partition coefficient (Wildman–Crippen LogP) is 9.34. The lowest BCUT2D eigenvalue weighted by molar-refractivity contribution is 0.654. The number of benzene rings is 7. The SMILES string of the molecule is c1ccc(C2=NC(c3cc4ccccc4c4ccccc34)=NC(c3cc4c(ccc5c6ccccc6ccc45)cn3)N2)cc1. The normalized spacial score (nSPS) is 15.0. The molecule has 0 bridgehead atoms. The first kappa shape index (κ1) is 24.7. The maximum atomic E-state index is 5.25. The third-order valence-corrected chi connectivity index (χ3v) is 8.73. The number of aromatic nitrogens is 1. The zero-order chi connectivity index (χ0) is 29.0. The van der Waals surface area contributed by atoms with E-state index in [1.165, 1.54) is 32.3 Å². The van der Waals surface area contributed by atoms with E-state index in [1.54, 1.807) is 0 Å². The Morgan fingerprint density at radius 1 is 0.477 bits per heavy atom. The largest absolute Gasteiger partial charge is 0.343 e. The van der Waals surface area contributed by atoms with Crippen LogP contribution in [0.5, 0.6) is 0 Å². The Morgan fingerprint density at radius 2 is 1.09 bits per heavy atom. The van der Waals surface area contributed by atoms with Gasteiger partial charge in [0, 0.05) is 22.7 Å². The van der Waals surface area contributed by atoms with Crippen molar-refractivity contribution < 1.29 is 0 Å². The van der Waals surface area contributed by atoms with Crippen LogP contribution in [0.15, 0.2) is 156 Å². The second-order valence-electron chi connectivity index (χ2n) is 11.3. The zero-order valence-electron chi connectivity index (χ0n) is 23.8. The molecule has 206 valence electrons. The van der Waals surface area contributed by atoms with Crippen LogP contribution in [0.25, 0.3) is 53.9 Å². The van der Waals surface area contributed by atoms with Crippen LogP contribution in [0.4, 0.5) is 0 Å². The van der Waals surface area contributed by atoms with Gasteiger partial charge in [0.2, 0.25) is 0 Å². The summed E-state index contributed by atoms with van der Waals surface area (Å²) in [7, 11) is 0. The van der Waals surface area contributed by atoms with Gasteiger partial charge >= 0.3 is 0 Å². The Bertz CT molecular complexity index is 2480. The molecule has 9 rings (SSSR count). The molecule has 1 aromatic heterocycles. The van der Waals surface area contributed by atoms with Gasteiger partial charge in [0.15, 0.2) is 12.0 Å². The molecule has 0 saturated carbocycles. The molecule has 1 N–H and O–H groups in total. The van der Waals surface area contributed by atoms with Crippen molar-refractivity contribution in [3.63, 3.8) is 0 Å². The first-order valence-corrected chi connectivity index (χ1v) is 14.9. The zero-order valence-corrected chi connectivity index (χ0v) is 23.8. The van der Waals surface area contributed by atoms with Crippen LogP contribution >= 0.6 is 0 Å². The summed E-state index contributed by atoms with van der Waals surface area (Å²) in [5.41, 5.74) is 2.87. The van der Waals surface area contributed by atoms with Gasteiger partial charge in [0.1, 0.15) is 5.84 Å². The summed E-state index contributed by atoms with van der Waals surface area (Å²) in [4.78, 5) is 15.3. The molecule has 0 radical (unpaired) electrons. The monoisotopic (exact) mass is 562 g/mol. The molecule has 2 heterocycles. The maximum Gasteiger partial charge on any atom is 0.165 e. The lowest BCUT2D eigenvalue weighted by atomic mass is 9.96. The number of hydrogen-bond acceptors (Lipinski definition) is 4. The molecule has 4 nitrogen and oxygen atoms in total. The fourth-order valence-corrected chi connectivity index (χ4v) is 6.58. The van der Waals surface area contributed by atoms with Gasteiger partial charge in [-0.1, -0.05) is 127 Å². The number of rotatable bonds is 3. The molecule has 8 aromatic rings. The van der Waals surface area contributed by atoms with Gasteiger partial charge in [-0.25, -0.2) is 9.98 Å². The number of nitrogens with one attached hydrogen (secondary N) is 1. The molecule has 0 saturated heterocycles. The highest BCUT2D eigenvalue weighted by molar-refractivity contribution is 6.22. The van der Waals surface area contributed by atoms with Gasteiger partial charge in [-0.2, -0.15) is 0 Å².